The van der Waals surface area contributed by atoms with Gasteiger partial charge in [-0.25, -0.2) is 0 Å². The fourth-order valence-corrected chi connectivity index (χ4v) is 5.84. The highest BCUT2D eigenvalue weighted by Crippen LogP contribution is 2.12. The Bertz CT molecular complexity index is 1200. The average Bonchev–Trinajstić information content (AvgIpc) is 3.17. The lowest BCUT2D eigenvalue weighted by Gasteiger charge is -2.34. The maximum absolute atomic E-state index is 12.7. The normalized spacial score (nSPS) is 13.8. The summed E-state index contributed by atoms with van der Waals surface area (Å²) in [5, 5.41) is 11.6. The standard InChI is InChI=1S/C49H81NO7/c1-6-8-10-12-14-16-18-20-22-24-26-27-29-31-33-35-37-39-47(51)56-44-45(43-55-42-41-46(49(53)54)50(3,4)5)57-48(52)40-38-36-34-32-30-28-25-23-21-19-17-15-13-11-9-7-2/h9,11,14-17,20-23,26-27,31,33,45-46H,6-8,10,12-13,18-19,24-25,28-30,32,34-44H2,1-5H3/b11-9+,16-14+,17-15+,22-20+,23-21+,27-26+,33-31+. The Hall–Kier alpha value is -3.49. The monoisotopic (exact) mass is 796 g/mol. The summed E-state index contributed by atoms with van der Waals surface area (Å²) in [6.07, 6.45) is 50.4. The Balaban J connectivity index is 4.48. The predicted molar refractivity (Wildman–Crippen MR) is 235 cm³/mol. The van der Waals surface area contributed by atoms with Crippen LogP contribution >= 0.6 is 0 Å². The van der Waals surface area contributed by atoms with Gasteiger partial charge in [0, 0.05) is 19.3 Å². The van der Waals surface area contributed by atoms with Gasteiger partial charge in [-0.3, -0.25) is 9.59 Å². The number of carbonyl (C=O) groups excluding carboxylic acids is 3. The van der Waals surface area contributed by atoms with Crippen molar-refractivity contribution >= 4 is 17.9 Å². The minimum absolute atomic E-state index is 0.0131. The lowest BCUT2D eigenvalue weighted by atomic mass is 10.1. The Labute approximate surface area is 348 Å². The van der Waals surface area contributed by atoms with E-state index in [0.717, 1.165) is 77.0 Å². The summed E-state index contributed by atoms with van der Waals surface area (Å²) in [7, 11) is 5.37. The van der Waals surface area contributed by atoms with Crippen molar-refractivity contribution in [2.45, 2.75) is 167 Å². The minimum atomic E-state index is -1.14. The van der Waals surface area contributed by atoms with Crippen molar-refractivity contribution in [2.75, 3.05) is 41.0 Å². The molecule has 0 aromatic carbocycles. The van der Waals surface area contributed by atoms with Gasteiger partial charge in [0.05, 0.1) is 40.3 Å². The van der Waals surface area contributed by atoms with Gasteiger partial charge in [-0.2, -0.15) is 0 Å². The number of hydrogen-bond donors (Lipinski definition) is 0. The first-order valence-electron chi connectivity index (χ1n) is 22.1. The molecule has 0 rings (SSSR count). The molecule has 0 aliphatic carbocycles. The van der Waals surface area contributed by atoms with Crippen LogP contribution < -0.4 is 5.11 Å². The predicted octanol–water partition coefficient (Wildman–Crippen LogP) is 10.8. The van der Waals surface area contributed by atoms with Crippen LogP contribution in [0.25, 0.3) is 0 Å². The number of nitrogens with zero attached hydrogens (tertiary/aromatic N) is 1. The Morgan fingerprint density at radius 2 is 1.00 bits per heavy atom. The number of likely N-dealkylation sites (N-methyl/N-ethyl adjacent to an activating group) is 1. The third-order valence-electron chi connectivity index (χ3n) is 9.27. The zero-order valence-corrected chi connectivity index (χ0v) is 36.7. The molecule has 0 N–H and O–H groups in total. The number of aliphatic carboxylic acids is 1. The molecule has 0 radical (unpaired) electrons. The number of allylic oxidation sites excluding steroid dienone is 14. The number of hydrogen-bond acceptors (Lipinski definition) is 7. The highest BCUT2D eigenvalue weighted by Gasteiger charge is 2.25. The topological polar surface area (TPSA) is 102 Å². The molecule has 8 nitrogen and oxygen atoms in total. The quantitative estimate of drug-likeness (QED) is 0.0265. The summed E-state index contributed by atoms with van der Waals surface area (Å²) in [5.74, 6) is -1.84. The van der Waals surface area contributed by atoms with Crippen LogP contribution in [-0.2, 0) is 28.6 Å². The molecule has 57 heavy (non-hydrogen) atoms. The number of quaternary nitrogens is 1. The molecule has 0 spiro atoms. The van der Waals surface area contributed by atoms with Crippen LogP contribution in [0.3, 0.4) is 0 Å². The van der Waals surface area contributed by atoms with Crippen LogP contribution in [0.1, 0.15) is 155 Å². The van der Waals surface area contributed by atoms with Gasteiger partial charge in [-0.1, -0.05) is 137 Å². The van der Waals surface area contributed by atoms with Crippen LogP contribution in [0, 0.1) is 0 Å². The number of carboxylic acid groups (broad SMARTS) is 1. The highest BCUT2D eigenvalue weighted by atomic mass is 16.6. The summed E-state index contributed by atoms with van der Waals surface area (Å²) in [6.45, 7) is 4.43. The van der Waals surface area contributed by atoms with Gasteiger partial charge in [-0.05, 0) is 83.5 Å². The SMILES string of the molecule is CC/C=C/C/C=C/C/C=C/CCCCCCCCC(=O)OC(COCCC(C(=O)[O-])[N+](C)(C)C)COC(=O)CCC/C=C/C/C=C/C/C=C/C/C=C/CCCCC. The zero-order chi connectivity index (χ0) is 42.1. The molecular weight excluding hydrogens is 715 g/mol. The van der Waals surface area contributed by atoms with Crippen molar-refractivity contribution in [1.29, 1.82) is 0 Å². The molecule has 2 atom stereocenters. The van der Waals surface area contributed by atoms with Crippen molar-refractivity contribution in [3.63, 3.8) is 0 Å². The third-order valence-corrected chi connectivity index (χ3v) is 9.27. The first-order valence-corrected chi connectivity index (χ1v) is 22.1. The molecule has 324 valence electrons. The summed E-state index contributed by atoms with van der Waals surface area (Å²) in [5.41, 5.74) is 0. The van der Waals surface area contributed by atoms with E-state index in [1.807, 2.05) is 0 Å². The number of unbranched alkanes of at least 4 members (excludes halogenated alkanes) is 10. The zero-order valence-electron chi connectivity index (χ0n) is 36.7. The molecule has 0 aromatic heterocycles. The van der Waals surface area contributed by atoms with Gasteiger partial charge in [0.2, 0.25) is 0 Å². The maximum Gasteiger partial charge on any atom is 0.306 e. The van der Waals surface area contributed by atoms with Gasteiger partial charge in [-0.15, -0.1) is 0 Å². The molecule has 0 heterocycles. The molecule has 0 aliphatic heterocycles. The molecule has 0 aliphatic rings. The van der Waals surface area contributed by atoms with Gasteiger partial charge < -0.3 is 28.6 Å². The van der Waals surface area contributed by atoms with E-state index < -0.39 is 18.1 Å². The largest absolute Gasteiger partial charge is 0.544 e. The summed E-state index contributed by atoms with van der Waals surface area (Å²) >= 11 is 0. The van der Waals surface area contributed by atoms with Crippen molar-refractivity contribution in [3.05, 3.63) is 85.1 Å². The first-order chi connectivity index (χ1) is 27.6. The van der Waals surface area contributed by atoms with Gasteiger partial charge in [0.1, 0.15) is 12.6 Å². The fraction of sp³-hybridized carbons (Fsp3) is 0.653. The van der Waals surface area contributed by atoms with Crippen molar-refractivity contribution in [2.24, 2.45) is 0 Å². The summed E-state index contributed by atoms with van der Waals surface area (Å²) in [6, 6.07) is -0.740. The molecule has 0 aromatic rings. The van der Waals surface area contributed by atoms with E-state index in [0.29, 0.717) is 6.42 Å². The molecule has 8 heteroatoms. The molecular formula is C49H81NO7. The van der Waals surface area contributed by atoms with Crippen molar-refractivity contribution in [1.82, 2.24) is 0 Å². The molecule has 0 amide bonds. The molecule has 2 unspecified atom stereocenters. The minimum Gasteiger partial charge on any atom is -0.544 e. The highest BCUT2D eigenvalue weighted by molar-refractivity contribution is 5.70. The van der Waals surface area contributed by atoms with E-state index in [1.54, 1.807) is 21.1 Å². The summed E-state index contributed by atoms with van der Waals surface area (Å²) in [4.78, 5) is 36.8. The van der Waals surface area contributed by atoms with Crippen LogP contribution in [0.15, 0.2) is 85.1 Å². The van der Waals surface area contributed by atoms with Crippen LogP contribution in [0.4, 0.5) is 0 Å². The molecule has 0 saturated carbocycles. The van der Waals surface area contributed by atoms with Gasteiger partial charge >= 0.3 is 11.9 Å². The number of carbonyl (C=O) groups is 3. The van der Waals surface area contributed by atoms with E-state index in [9.17, 15) is 19.5 Å². The molecule has 0 fully saturated rings. The number of carboxylic acids is 1. The molecule has 0 bridgehead atoms. The number of ether oxygens (including phenoxy) is 3. The lowest BCUT2D eigenvalue weighted by molar-refractivity contribution is -0.889. The molecule has 0 saturated heterocycles. The Kier molecular flexibility index (Phi) is 36.9. The van der Waals surface area contributed by atoms with Crippen molar-refractivity contribution in [3.8, 4) is 0 Å². The van der Waals surface area contributed by atoms with Crippen LogP contribution in [0.5, 0.6) is 0 Å². The maximum atomic E-state index is 12.7. The van der Waals surface area contributed by atoms with Crippen LogP contribution in [0.2, 0.25) is 0 Å². The lowest BCUT2D eigenvalue weighted by Crippen LogP contribution is -2.55. The number of rotatable bonds is 38. The Morgan fingerprint density at radius 1 is 0.544 bits per heavy atom. The van der Waals surface area contributed by atoms with E-state index in [4.69, 9.17) is 14.2 Å². The van der Waals surface area contributed by atoms with Crippen molar-refractivity contribution < 1.29 is 38.2 Å². The third kappa shape index (κ3) is 37.8. The second-order valence-corrected chi connectivity index (χ2v) is 15.5. The van der Waals surface area contributed by atoms with E-state index in [-0.39, 0.29) is 55.5 Å². The van der Waals surface area contributed by atoms with E-state index >= 15 is 0 Å². The average molecular weight is 796 g/mol. The number of esters is 2. The van der Waals surface area contributed by atoms with E-state index in [1.165, 1.54) is 38.5 Å². The smallest absolute Gasteiger partial charge is 0.306 e. The second kappa shape index (κ2) is 39.3. The van der Waals surface area contributed by atoms with Crippen LogP contribution in [-0.4, -0.2) is 75.5 Å². The fourth-order valence-electron chi connectivity index (χ4n) is 5.84. The first kappa shape index (κ1) is 53.5. The summed E-state index contributed by atoms with van der Waals surface area (Å²) < 4.78 is 17.1. The van der Waals surface area contributed by atoms with Gasteiger partial charge in [0.25, 0.3) is 0 Å². The second-order valence-electron chi connectivity index (χ2n) is 15.5. The van der Waals surface area contributed by atoms with E-state index in [2.05, 4.69) is 98.9 Å². The Morgan fingerprint density at radius 3 is 1.51 bits per heavy atom. The van der Waals surface area contributed by atoms with Gasteiger partial charge in [0.15, 0.2) is 6.10 Å².